The van der Waals surface area contributed by atoms with Crippen molar-refractivity contribution in [3.05, 3.63) is 77.0 Å². The lowest BCUT2D eigenvalue weighted by atomic mass is 10.1. The minimum absolute atomic E-state index is 0.117. The highest BCUT2D eigenvalue weighted by Gasteiger charge is 2.14. The second-order valence-corrected chi connectivity index (χ2v) is 6.44. The van der Waals surface area contributed by atoms with Crippen molar-refractivity contribution in [1.82, 2.24) is 24.5 Å². The molecule has 0 saturated carbocycles. The first kappa shape index (κ1) is 17.9. The number of aliphatic hydroxyl groups excluding tert-OH is 1. The van der Waals surface area contributed by atoms with E-state index in [1.807, 2.05) is 30.3 Å². The van der Waals surface area contributed by atoms with Crippen LogP contribution in [0.25, 0.3) is 16.6 Å². The summed E-state index contributed by atoms with van der Waals surface area (Å²) in [5, 5.41) is 17.0. The molecule has 1 aromatic carbocycles. The highest BCUT2D eigenvalue weighted by atomic mass is 16.3. The molecule has 0 radical (unpaired) electrons. The number of pyridine rings is 1. The van der Waals surface area contributed by atoms with E-state index >= 15 is 0 Å². The number of aryl methyl sites for hydroxylation is 1. The van der Waals surface area contributed by atoms with Gasteiger partial charge in [-0.2, -0.15) is 5.10 Å². The summed E-state index contributed by atoms with van der Waals surface area (Å²) < 4.78 is 3.09. The summed E-state index contributed by atoms with van der Waals surface area (Å²) in [4.78, 5) is 29.3. The largest absolute Gasteiger partial charge is 0.394 e. The number of amides is 1. The Labute approximate surface area is 160 Å². The Kier molecular flexibility index (Phi) is 4.86. The number of fused-ring (bicyclic) bond motifs is 3. The molecular weight excluding hydrogens is 358 g/mol. The first-order valence-corrected chi connectivity index (χ1v) is 8.94. The molecule has 2 N–H and O–H groups in total. The van der Waals surface area contributed by atoms with Gasteiger partial charge in [0.1, 0.15) is 0 Å². The van der Waals surface area contributed by atoms with Crippen molar-refractivity contribution in [2.24, 2.45) is 0 Å². The van der Waals surface area contributed by atoms with Gasteiger partial charge >= 0.3 is 0 Å². The number of benzene rings is 1. The molecule has 8 heteroatoms. The van der Waals surface area contributed by atoms with Gasteiger partial charge in [-0.25, -0.2) is 9.50 Å². The van der Waals surface area contributed by atoms with Gasteiger partial charge in [-0.1, -0.05) is 30.3 Å². The summed E-state index contributed by atoms with van der Waals surface area (Å²) in [6.45, 7) is 0.0297. The molecule has 4 aromatic rings. The molecule has 4 rings (SSSR count). The molecule has 1 amide bonds. The Morgan fingerprint density at radius 3 is 2.79 bits per heavy atom. The van der Waals surface area contributed by atoms with E-state index < -0.39 is 6.04 Å². The van der Waals surface area contributed by atoms with Crippen molar-refractivity contribution in [2.75, 3.05) is 6.61 Å². The maximum Gasteiger partial charge on any atom is 0.261 e. The monoisotopic (exact) mass is 377 g/mol. The van der Waals surface area contributed by atoms with Crippen LogP contribution < -0.4 is 10.9 Å². The second kappa shape index (κ2) is 7.61. The first-order chi connectivity index (χ1) is 13.7. The third-order valence-corrected chi connectivity index (χ3v) is 4.66. The topological polar surface area (TPSA) is 102 Å². The van der Waals surface area contributed by atoms with Crippen LogP contribution in [-0.2, 0) is 11.3 Å². The molecule has 0 aliphatic rings. The molecule has 0 unspecified atom stereocenters. The fourth-order valence-electron chi connectivity index (χ4n) is 3.18. The number of aliphatic hydroxyl groups is 1. The van der Waals surface area contributed by atoms with Gasteiger partial charge in [0.05, 0.1) is 29.7 Å². The summed E-state index contributed by atoms with van der Waals surface area (Å²) in [7, 11) is 0. The predicted molar refractivity (Wildman–Crippen MR) is 104 cm³/mol. The Bertz CT molecular complexity index is 1180. The van der Waals surface area contributed by atoms with Gasteiger partial charge in [-0.05, 0) is 11.6 Å². The molecule has 3 heterocycles. The van der Waals surface area contributed by atoms with Gasteiger partial charge in [0, 0.05) is 31.4 Å². The van der Waals surface area contributed by atoms with Crippen LogP contribution in [0.4, 0.5) is 0 Å². The molecule has 0 bridgehead atoms. The molecule has 0 spiro atoms. The van der Waals surface area contributed by atoms with Gasteiger partial charge in [0.2, 0.25) is 5.91 Å². The Balaban J connectivity index is 1.49. The van der Waals surface area contributed by atoms with E-state index in [1.165, 1.54) is 10.8 Å². The number of carbonyl (C=O) groups is 1. The van der Waals surface area contributed by atoms with Gasteiger partial charge < -0.3 is 15.0 Å². The Morgan fingerprint density at radius 2 is 2.00 bits per heavy atom. The third kappa shape index (κ3) is 3.37. The molecule has 0 saturated heterocycles. The zero-order valence-electron chi connectivity index (χ0n) is 15.0. The molecule has 142 valence electrons. The van der Waals surface area contributed by atoms with E-state index in [0.717, 1.165) is 5.56 Å². The number of carbonyl (C=O) groups excluding carboxylic acids is 1. The fourth-order valence-corrected chi connectivity index (χ4v) is 3.18. The Morgan fingerprint density at radius 1 is 1.18 bits per heavy atom. The fraction of sp³-hybridized carbons (Fsp3) is 0.200. The number of aromatic nitrogens is 4. The van der Waals surface area contributed by atoms with E-state index in [-0.39, 0.29) is 31.0 Å². The predicted octanol–water partition coefficient (Wildman–Crippen LogP) is 1.28. The van der Waals surface area contributed by atoms with Crippen molar-refractivity contribution in [2.45, 2.75) is 19.0 Å². The summed E-state index contributed by atoms with van der Waals surface area (Å²) in [5.74, 6) is -0.240. The zero-order chi connectivity index (χ0) is 19.5. The zero-order valence-corrected chi connectivity index (χ0v) is 15.0. The van der Waals surface area contributed by atoms with Crippen molar-refractivity contribution in [3.63, 3.8) is 0 Å². The summed E-state index contributed by atoms with van der Waals surface area (Å²) in [5.41, 5.74) is 1.94. The van der Waals surface area contributed by atoms with Gasteiger partial charge in [0.15, 0.2) is 5.65 Å². The van der Waals surface area contributed by atoms with E-state index in [4.69, 9.17) is 0 Å². The average Bonchev–Trinajstić information content (AvgIpc) is 3.21. The lowest BCUT2D eigenvalue weighted by Gasteiger charge is -2.17. The number of hydrogen-bond donors (Lipinski definition) is 2. The minimum atomic E-state index is -0.473. The van der Waals surface area contributed by atoms with E-state index in [2.05, 4.69) is 15.4 Å². The Hall–Kier alpha value is -3.52. The van der Waals surface area contributed by atoms with Crippen molar-refractivity contribution < 1.29 is 9.90 Å². The van der Waals surface area contributed by atoms with Gasteiger partial charge in [-0.3, -0.25) is 9.59 Å². The summed E-state index contributed by atoms with van der Waals surface area (Å²) in [6, 6.07) is 12.3. The van der Waals surface area contributed by atoms with Gasteiger partial charge in [0.25, 0.3) is 5.56 Å². The van der Waals surface area contributed by atoms with E-state index in [9.17, 15) is 14.7 Å². The molecular formula is C20H19N5O3. The van der Waals surface area contributed by atoms with E-state index in [0.29, 0.717) is 16.6 Å². The lowest BCUT2D eigenvalue weighted by Crippen LogP contribution is -2.32. The van der Waals surface area contributed by atoms with Crippen LogP contribution in [-0.4, -0.2) is 36.8 Å². The highest BCUT2D eigenvalue weighted by Crippen LogP contribution is 2.12. The van der Waals surface area contributed by atoms with Crippen LogP contribution >= 0.6 is 0 Å². The van der Waals surface area contributed by atoms with Crippen LogP contribution in [0.15, 0.2) is 65.8 Å². The summed E-state index contributed by atoms with van der Waals surface area (Å²) in [6.07, 6.45) is 4.93. The number of hydrogen-bond acceptors (Lipinski definition) is 5. The molecule has 8 nitrogen and oxygen atoms in total. The SMILES string of the molecule is O=C(CCn1ccc2c(cnc3ccnn32)c1=O)N[C@H](CO)c1ccccc1. The van der Waals surface area contributed by atoms with Gasteiger partial charge in [-0.15, -0.1) is 0 Å². The average molecular weight is 377 g/mol. The van der Waals surface area contributed by atoms with Crippen molar-refractivity contribution in [1.29, 1.82) is 0 Å². The maximum absolute atomic E-state index is 12.7. The smallest absolute Gasteiger partial charge is 0.261 e. The van der Waals surface area contributed by atoms with Crippen LogP contribution in [0, 0.1) is 0 Å². The number of rotatable bonds is 6. The van der Waals surface area contributed by atoms with Crippen LogP contribution in [0.2, 0.25) is 0 Å². The molecule has 1 atom stereocenters. The normalized spacial score (nSPS) is 12.3. The molecule has 0 aliphatic heterocycles. The minimum Gasteiger partial charge on any atom is -0.394 e. The highest BCUT2D eigenvalue weighted by molar-refractivity contribution is 5.79. The maximum atomic E-state index is 12.7. The van der Waals surface area contributed by atoms with Crippen molar-refractivity contribution >= 4 is 22.5 Å². The second-order valence-electron chi connectivity index (χ2n) is 6.44. The van der Waals surface area contributed by atoms with Crippen LogP contribution in [0.1, 0.15) is 18.0 Å². The molecule has 0 aliphatic carbocycles. The van der Waals surface area contributed by atoms with E-state index in [1.54, 1.807) is 29.0 Å². The number of nitrogens with zero attached hydrogens (tertiary/aromatic N) is 4. The lowest BCUT2D eigenvalue weighted by molar-refractivity contribution is -0.122. The molecule has 28 heavy (non-hydrogen) atoms. The molecule has 3 aromatic heterocycles. The first-order valence-electron chi connectivity index (χ1n) is 8.94. The standard InChI is InChI=1S/C20H19N5O3/c26-13-16(14-4-2-1-3-5-14)23-19(27)8-11-24-10-7-17-15(20(24)28)12-21-18-6-9-22-25(17)18/h1-7,9-10,12,16,26H,8,11,13H2,(H,23,27)/t16-/m1/s1. The third-order valence-electron chi connectivity index (χ3n) is 4.66. The molecule has 0 fully saturated rings. The quantitative estimate of drug-likeness (QED) is 0.527. The number of nitrogens with one attached hydrogen (secondary N) is 1. The van der Waals surface area contributed by atoms with Crippen molar-refractivity contribution in [3.8, 4) is 0 Å². The summed E-state index contributed by atoms with van der Waals surface area (Å²) >= 11 is 0. The van der Waals surface area contributed by atoms with Crippen LogP contribution in [0.3, 0.4) is 0 Å². The van der Waals surface area contributed by atoms with Crippen LogP contribution in [0.5, 0.6) is 0 Å².